The maximum absolute atomic E-state index is 12.6. The fourth-order valence-corrected chi connectivity index (χ4v) is 3.45. The second-order valence-electron chi connectivity index (χ2n) is 6.88. The third-order valence-corrected chi connectivity index (χ3v) is 5.05. The van der Waals surface area contributed by atoms with Crippen molar-refractivity contribution >= 4 is 5.78 Å². The van der Waals surface area contributed by atoms with Gasteiger partial charge in [0.25, 0.3) is 0 Å². The number of Topliss-reactive ketones (excluding diaryl/α,β-unsaturated/α-hetero) is 1. The number of nitrogens with zero attached hydrogens (tertiary/aromatic N) is 1. The number of benzene rings is 1. The molecule has 1 atom stereocenters. The summed E-state index contributed by atoms with van der Waals surface area (Å²) in [6.45, 7) is 7.02. The van der Waals surface area contributed by atoms with Crippen molar-refractivity contribution in [3.05, 3.63) is 35.4 Å². The lowest BCUT2D eigenvalue weighted by atomic mass is 9.90. The Morgan fingerprint density at radius 3 is 2.43 bits per heavy atom. The molecule has 23 heavy (non-hydrogen) atoms. The van der Waals surface area contributed by atoms with Gasteiger partial charge in [0.2, 0.25) is 0 Å². The summed E-state index contributed by atoms with van der Waals surface area (Å²) in [5, 5.41) is 0. The van der Waals surface area contributed by atoms with Gasteiger partial charge in [-0.2, -0.15) is 0 Å². The molecule has 3 heteroatoms. The number of carbonyl (C=O) groups excluding carboxylic acids is 1. The summed E-state index contributed by atoms with van der Waals surface area (Å²) in [4.78, 5) is 15.1. The summed E-state index contributed by atoms with van der Waals surface area (Å²) in [6.07, 6.45) is 4.53. The van der Waals surface area contributed by atoms with Crippen LogP contribution in [0.1, 0.15) is 44.2 Å². The quantitative estimate of drug-likeness (QED) is 0.851. The van der Waals surface area contributed by atoms with Crippen LogP contribution < -0.4 is 0 Å². The normalized spacial score (nSPS) is 21.0. The van der Waals surface area contributed by atoms with Gasteiger partial charge in [-0.05, 0) is 50.7 Å². The lowest BCUT2D eigenvalue weighted by molar-refractivity contribution is -0.124. The topological polar surface area (TPSA) is 29.5 Å². The Morgan fingerprint density at radius 1 is 1.13 bits per heavy atom. The third kappa shape index (κ3) is 5.43. The van der Waals surface area contributed by atoms with Crippen LogP contribution in [0.25, 0.3) is 0 Å². The molecule has 0 fully saturated rings. The van der Waals surface area contributed by atoms with Crippen LogP contribution in [-0.2, 0) is 22.4 Å². The molecule has 1 aliphatic rings. The number of methoxy groups -OCH3 is 1. The maximum Gasteiger partial charge on any atom is 0.137 e. The molecule has 0 aromatic heterocycles. The van der Waals surface area contributed by atoms with Crippen LogP contribution in [0.2, 0.25) is 0 Å². The number of hydrogen-bond donors (Lipinski definition) is 0. The van der Waals surface area contributed by atoms with E-state index >= 15 is 0 Å². The molecule has 0 bridgehead atoms. The Hall–Kier alpha value is -1.19. The molecule has 1 aromatic rings. The summed E-state index contributed by atoms with van der Waals surface area (Å²) in [7, 11) is 1.71. The van der Waals surface area contributed by atoms with Gasteiger partial charge in [-0.15, -0.1) is 0 Å². The molecule has 0 aliphatic carbocycles. The van der Waals surface area contributed by atoms with Gasteiger partial charge in [-0.3, -0.25) is 4.79 Å². The molecule has 1 unspecified atom stereocenters. The molecule has 3 nitrogen and oxygen atoms in total. The van der Waals surface area contributed by atoms with Gasteiger partial charge in [0.1, 0.15) is 5.78 Å². The average Bonchev–Trinajstić information content (AvgIpc) is 2.57. The van der Waals surface area contributed by atoms with Crippen LogP contribution in [-0.4, -0.2) is 43.5 Å². The fourth-order valence-electron chi connectivity index (χ4n) is 3.45. The molecule has 0 radical (unpaired) electrons. The van der Waals surface area contributed by atoms with Crippen molar-refractivity contribution in [1.82, 2.24) is 4.90 Å². The zero-order chi connectivity index (χ0) is 16.7. The van der Waals surface area contributed by atoms with E-state index in [1.165, 1.54) is 11.1 Å². The number of carbonyl (C=O) groups is 1. The lowest BCUT2D eigenvalue weighted by Crippen LogP contribution is -2.35. The summed E-state index contributed by atoms with van der Waals surface area (Å²) in [5.41, 5.74) is 2.85. The number of ketones is 1. The molecule has 1 aromatic carbocycles. The number of hydrogen-bond acceptors (Lipinski definition) is 3. The first kappa shape index (κ1) is 18.2. The zero-order valence-corrected chi connectivity index (χ0v) is 14.9. The maximum atomic E-state index is 12.6. The lowest BCUT2D eigenvalue weighted by Gasteiger charge is -2.26. The van der Waals surface area contributed by atoms with Crippen molar-refractivity contribution in [2.75, 3.05) is 26.8 Å². The molecule has 0 saturated heterocycles. The highest BCUT2D eigenvalue weighted by Crippen LogP contribution is 2.21. The Morgan fingerprint density at radius 2 is 1.78 bits per heavy atom. The average molecular weight is 317 g/mol. The van der Waals surface area contributed by atoms with Gasteiger partial charge in [0, 0.05) is 45.2 Å². The van der Waals surface area contributed by atoms with Gasteiger partial charge < -0.3 is 9.64 Å². The Bertz CT molecular complexity index is 498. The number of rotatable bonds is 4. The summed E-state index contributed by atoms with van der Waals surface area (Å²) in [6, 6.07) is 9.20. The van der Waals surface area contributed by atoms with E-state index in [0.717, 1.165) is 38.8 Å². The first-order valence-electron chi connectivity index (χ1n) is 8.94. The van der Waals surface area contributed by atoms with Crippen molar-refractivity contribution < 1.29 is 9.53 Å². The van der Waals surface area contributed by atoms with Crippen molar-refractivity contribution in [3.63, 3.8) is 0 Å². The van der Waals surface area contributed by atoms with Crippen molar-refractivity contribution in [2.24, 2.45) is 5.92 Å². The molecule has 1 aliphatic heterocycles. The van der Waals surface area contributed by atoms with Gasteiger partial charge >= 0.3 is 0 Å². The molecule has 0 spiro atoms. The van der Waals surface area contributed by atoms with Gasteiger partial charge in [-0.25, -0.2) is 0 Å². The van der Waals surface area contributed by atoms with Crippen molar-refractivity contribution in [3.8, 4) is 0 Å². The number of fused-ring (bicyclic) bond motifs is 1. The second kappa shape index (κ2) is 9.19. The predicted octanol–water partition coefficient (Wildman–Crippen LogP) is 3.50. The van der Waals surface area contributed by atoms with E-state index in [1.807, 2.05) is 0 Å². The molecule has 2 rings (SSSR count). The molecule has 0 amide bonds. The van der Waals surface area contributed by atoms with Crippen molar-refractivity contribution in [1.29, 1.82) is 0 Å². The highest BCUT2D eigenvalue weighted by molar-refractivity contribution is 5.81. The predicted molar refractivity (Wildman–Crippen MR) is 94.8 cm³/mol. The van der Waals surface area contributed by atoms with Crippen molar-refractivity contribution in [2.45, 2.75) is 52.0 Å². The third-order valence-electron chi connectivity index (χ3n) is 5.05. The Kier molecular flexibility index (Phi) is 7.25. The zero-order valence-electron chi connectivity index (χ0n) is 14.9. The molecule has 0 N–H and O–H groups in total. The van der Waals surface area contributed by atoms with Crippen LogP contribution >= 0.6 is 0 Å². The fraction of sp³-hybridized carbons (Fsp3) is 0.650. The summed E-state index contributed by atoms with van der Waals surface area (Å²) < 4.78 is 5.21. The minimum absolute atomic E-state index is 0.134. The van der Waals surface area contributed by atoms with Gasteiger partial charge in [0.05, 0.1) is 0 Å². The van der Waals surface area contributed by atoms with Crippen LogP contribution in [0.4, 0.5) is 0 Å². The molecular formula is C20H31NO2. The number of ether oxygens (including phenoxy) is 1. The van der Waals surface area contributed by atoms with E-state index in [0.29, 0.717) is 24.9 Å². The van der Waals surface area contributed by atoms with E-state index in [-0.39, 0.29) is 5.92 Å². The highest BCUT2D eigenvalue weighted by Gasteiger charge is 2.21. The monoisotopic (exact) mass is 317 g/mol. The second-order valence-corrected chi connectivity index (χ2v) is 6.88. The van der Waals surface area contributed by atoms with Crippen LogP contribution in [0.3, 0.4) is 0 Å². The molecule has 1 heterocycles. The van der Waals surface area contributed by atoms with E-state index in [1.54, 1.807) is 7.11 Å². The summed E-state index contributed by atoms with van der Waals surface area (Å²) in [5.74, 6) is 0.544. The van der Waals surface area contributed by atoms with Gasteiger partial charge in [0.15, 0.2) is 0 Å². The van der Waals surface area contributed by atoms with Crippen LogP contribution in [0.15, 0.2) is 24.3 Å². The van der Waals surface area contributed by atoms with E-state index in [2.05, 4.69) is 43.0 Å². The highest BCUT2D eigenvalue weighted by atomic mass is 16.5. The van der Waals surface area contributed by atoms with Crippen LogP contribution in [0.5, 0.6) is 0 Å². The first-order valence-corrected chi connectivity index (χ1v) is 8.94. The minimum Gasteiger partial charge on any atom is -0.385 e. The minimum atomic E-state index is 0.134. The Labute approximate surface area is 141 Å². The smallest absolute Gasteiger partial charge is 0.137 e. The largest absolute Gasteiger partial charge is 0.385 e. The van der Waals surface area contributed by atoms with E-state index in [4.69, 9.17) is 4.74 Å². The summed E-state index contributed by atoms with van der Waals surface area (Å²) >= 11 is 0. The van der Waals surface area contributed by atoms with E-state index < -0.39 is 0 Å². The standard InChI is InChI=1S/C20H31NO2/c1-16(2)21-13-10-18-7-5-4-6-17(18)8-9-19(12-15-23-3)20(22)11-14-21/h4-7,16,19H,8-15H2,1-3H3. The molecular weight excluding hydrogens is 286 g/mol. The number of aryl methyl sites for hydroxylation is 1. The Balaban J connectivity index is 2.18. The van der Waals surface area contributed by atoms with E-state index in [9.17, 15) is 4.79 Å². The van der Waals surface area contributed by atoms with Gasteiger partial charge in [-0.1, -0.05) is 24.3 Å². The first-order chi connectivity index (χ1) is 11.1. The van der Waals surface area contributed by atoms with Crippen LogP contribution in [0, 0.1) is 5.92 Å². The SMILES string of the molecule is COCCC1CCc2ccccc2CCN(C(C)C)CCC1=O. The molecule has 0 saturated carbocycles. The molecule has 128 valence electrons.